The Labute approximate surface area is 172 Å². The minimum Gasteiger partial charge on any atom is -0.459 e. The number of fused-ring (bicyclic) bond motifs is 1. The van der Waals surface area contributed by atoms with Crippen molar-refractivity contribution in [3.8, 4) is 11.4 Å². The zero-order valence-electron chi connectivity index (χ0n) is 17.2. The molecule has 0 radical (unpaired) electrons. The maximum Gasteiger partial charge on any atom is 0.326 e. The van der Waals surface area contributed by atoms with Crippen LogP contribution in [-0.4, -0.2) is 25.6 Å². The van der Waals surface area contributed by atoms with Crippen LogP contribution in [-0.2, 0) is 0 Å². The van der Waals surface area contributed by atoms with Crippen molar-refractivity contribution in [1.29, 1.82) is 0 Å². The van der Waals surface area contributed by atoms with Crippen molar-refractivity contribution >= 4 is 16.9 Å². The predicted octanol–water partition coefficient (Wildman–Crippen LogP) is 3.68. The summed E-state index contributed by atoms with van der Waals surface area (Å²) in [6, 6.07) is 8.32. The summed E-state index contributed by atoms with van der Waals surface area (Å²) in [5, 5.41) is 6.94. The van der Waals surface area contributed by atoms with Gasteiger partial charge in [0.25, 0.3) is 5.91 Å². The Balaban J connectivity index is 1.63. The Kier molecular flexibility index (Phi) is 5.03. The number of hydrogen-bond donors (Lipinski definition) is 2. The van der Waals surface area contributed by atoms with E-state index in [0.29, 0.717) is 22.8 Å². The molecular formula is C21H23N5O4. The van der Waals surface area contributed by atoms with Crippen LogP contribution < -0.4 is 11.0 Å². The summed E-state index contributed by atoms with van der Waals surface area (Å²) in [4.78, 5) is 31.9. The molecule has 0 saturated carbocycles. The highest BCUT2D eigenvalue weighted by Crippen LogP contribution is 2.26. The van der Waals surface area contributed by atoms with E-state index in [4.69, 9.17) is 8.94 Å². The summed E-state index contributed by atoms with van der Waals surface area (Å²) in [7, 11) is 0. The van der Waals surface area contributed by atoms with E-state index in [1.807, 2.05) is 45.9 Å². The van der Waals surface area contributed by atoms with Crippen LogP contribution in [0.2, 0.25) is 0 Å². The maximum atomic E-state index is 12.4. The number of carbonyl (C=O) groups is 1. The fraction of sp³-hybridized carbons (Fsp3) is 0.333. The number of furan rings is 1. The van der Waals surface area contributed by atoms with E-state index in [1.54, 1.807) is 16.7 Å². The number of H-pyrrole nitrogens is 1. The third kappa shape index (κ3) is 3.54. The Bertz CT molecular complexity index is 1230. The summed E-state index contributed by atoms with van der Waals surface area (Å²) in [5.74, 6) is 0.546. The molecule has 1 aromatic carbocycles. The third-order valence-electron chi connectivity index (χ3n) is 4.90. The number of benzene rings is 1. The molecule has 0 aliphatic carbocycles. The molecule has 3 aromatic heterocycles. The number of nitrogens with one attached hydrogen (secondary N) is 2. The van der Waals surface area contributed by atoms with Gasteiger partial charge in [-0.3, -0.25) is 9.36 Å². The van der Waals surface area contributed by atoms with Crippen LogP contribution in [0.25, 0.3) is 22.4 Å². The van der Waals surface area contributed by atoms with Crippen molar-refractivity contribution < 1.29 is 13.7 Å². The van der Waals surface area contributed by atoms with Crippen LogP contribution >= 0.6 is 0 Å². The lowest BCUT2D eigenvalue weighted by Gasteiger charge is -2.17. The van der Waals surface area contributed by atoms with Gasteiger partial charge in [0, 0.05) is 11.6 Å². The quantitative estimate of drug-likeness (QED) is 0.501. The van der Waals surface area contributed by atoms with Crippen molar-refractivity contribution in [1.82, 2.24) is 25.0 Å². The van der Waals surface area contributed by atoms with Crippen molar-refractivity contribution in [2.24, 2.45) is 5.92 Å². The molecule has 0 aliphatic heterocycles. The molecule has 0 saturated heterocycles. The van der Waals surface area contributed by atoms with Gasteiger partial charge in [-0.1, -0.05) is 19.0 Å². The molecule has 9 nitrogen and oxygen atoms in total. The van der Waals surface area contributed by atoms with Crippen LogP contribution in [0.3, 0.4) is 0 Å². The first-order valence-corrected chi connectivity index (χ1v) is 9.77. The predicted molar refractivity (Wildman–Crippen MR) is 110 cm³/mol. The van der Waals surface area contributed by atoms with Gasteiger partial charge in [-0.2, -0.15) is 4.98 Å². The first kappa shape index (κ1) is 19.7. The van der Waals surface area contributed by atoms with Crippen molar-refractivity contribution in [3.63, 3.8) is 0 Å². The SMILES string of the molecule is CC(C)C(NC(=O)c1ccco1)c1nc(-c2ccc3c(c2)[nH]c(=O)n3C(C)C)no1. The number of imidazole rings is 1. The molecule has 30 heavy (non-hydrogen) atoms. The number of hydrogen-bond acceptors (Lipinski definition) is 6. The molecule has 1 amide bonds. The van der Waals surface area contributed by atoms with Gasteiger partial charge < -0.3 is 19.2 Å². The van der Waals surface area contributed by atoms with Gasteiger partial charge in [0.1, 0.15) is 6.04 Å². The second-order valence-corrected chi connectivity index (χ2v) is 7.75. The molecule has 1 atom stereocenters. The van der Waals surface area contributed by atoms with Gasteiger partial charge in [-0.05, 0) is 50.1 Å². The summed E-state index contributed by atoms with van der Waals surface area (Å²) < 4.78 is 12.3. The van der Waals surface area contributed by atoms with Crippen molar-refractivity contribution in [2.45, 2.75) is 39.8 Å². The van der Waals surface area contributed by atoms with Crippen LogP contribution in [0.5, 0.6) is 0 Å². The summed E-state index contributed by atoms with van der Waals surface area (Å²) in [6.45, 7) is 7.80. The second-order valence-electron chi connectivity index (χ2n) is 7.75. The van der Waals surface area contributed by atoms with Gasteiger partial charge in [-0.25, -0.2) is 4.79 Å². The molecule has 0 aliphatic rings. The van der Waals surface area contributed by atoms with Crippen molar-refractivity contribution in [2.75, 3.05) is 0 Å². The molecule has 1 unspecified atom stereocenters. The van der Waals surface area contributed by atoms with Gasteiger partial charge in [-0.15, -0.1) is 0 Å². The number of carbonyl (C=O) groups excluding carboxylic acids is 1. The minimum atomic E-state index is -0.477. The third-order valence-corrected chi connectivity index (χ3v) is 4.90. The lowest BCUT2D eigenvalue weighted by Crippen LogP contribution is -2.31. The standard InChI is InChI=1S/C21H23N5O4/c1-11(2)17(23-19(27)16-6-5-9-29-16)20-24-18(25-30-20)13-7-8-15-14(10-13)22-21(28)26(15)12(3)4/h5-12,17H,1-4H3,(H,22,28)(H,23,27). The molecule has 0 fully saturated rings. The van der Waals surface area contributed by atoms with E-state index in [0.717, 1.165) is 5.52 Å². The highest BCUT2D eigenvalue weighted by Gasteiger charge is 2.26. The second kappa shape index (κ2) is 7.66. The maximum absolute atomic E-state index is 12.4. The van der Waals surface area contributed by atoms with Gasteiger partial charge in [0.2, 0.25) is 11.7 Å². The van der Waals surface area contributed by atoms with E-state index in [1.165, 1.54) is 6.26 Å². The first-order chi connectivity index (χ1) is 14.3. The molecule has 4 aromatic rings. The Morgan fingerprint density at radius 3 is 2.67 bits per heavy atom. The number of aromatic nitrogens is 4. The molecule has 2 N–H and O–H groups in total. The number of rotatable bonds is 6. The van der Waals surface area contributed by atoms with E-state index < -0.39 is 6.04 Å². The van der Waals surface area contributed by atoms with Crippen LogP contribution in [0.15, 0.2) is 50.3 Å². The summed E-state index contributed by atoms with van der Waals surface area (Å²) in [5.41, 5.74) is 2.05. The molecule has 156 valence electrons. The molecule has 0 bridgehead atoms. The summed E-state index contributed by atoms with van der Waals surface area (Å²) in [6.07, 6.45) is 1.44. The lowest BCUT2D eigenvalue weighted by molar-refractivity contribution is 0.0885. The number of nitrogens with zero attached hydrogens (tertiary/aromatic N) is 3. The fourth-order valence-electron chi connectivity index (χ4n) is 3.40. The van der Waals surface area contributed by atoms with Gasteiger partial charge >= 0.3 is 5.69 Å². The normalized spacial score (nSPS) is 12.7. The minimum absolute atomic E-state index is 0.0103. The number of aromatic amines is 1. The fourth-order valence-corrected chi connectivity index (χ4v) is 3.40. The lowest BCUT2D eigenvalue weighted by atomic mass is 10.0. The van der Waals surface area contributed by atoms with Gasteiger partial charge in [0.05, 0.1) is 17.3 Å². The summed E-state index contributed by atoms with van der Waals surface area (Å²) >= 11 is 0. The Hall–Kier alpha value is -3.62. The van der Waals surface area contributed by atoms with Crippen LogP contribution in [0.1, 0.15) is 56.2 Å². The molecular weight excluding hydrogens is 386 g/mol. The zero-order valence-corrected chi connectivity index (χ0v) is 17.2. The van der Waals surface area contributed by atoms with Crippen molar-refractivity contribution in [3.05, 3.63) is 58.7 Å². The molecule has 4 rings (SSSR count). The highest BCUT2D eigenvalue weighted by atomic mass is 16.5. The average molecular weight is 409 g/mol. The van der Waals surface area contributed by atoms with E-state index in [9.17, 15) is 9.59 Å². The average Bonchev–Trinajstić information content (AvgIpc) is 3.43. The van der Waals surface area contributed by atoms with Crippen LogP contribution in [0, 0.1) is 5.92 Å². The Morgan fingerprint density at radius 1 is 1.20 bits per heavy atom. The molecule has 9 heteroatoms. The van der Waals surface area contributed by atoms with Crippen LogP contribution in [0.4, 0.5) is 0 Å². The smallest absolute Gasteiger partial charge is 0.326 e. The largest absolute Gasteiger partial charge is 0.459 e. The molecule has 3 heterocycles. The topological polar surface area (TPSA) is 119 Å². The van der Waals surface area contributed by atoms with E-state index >= 15 is 0 Å². The first-order valence-electron chi connectivity index (χ1n) is 9.77. The van der Waals surface area contributed by atoms with E-state index in [2.05, 4.69) is 20.4 Å². The molecule has 0 spiro atoms. The number of amides is 1. The van der Waals surface area contributed by atoms with E-state index in [-0.39, 0.29) is 29.3 Å². The monoisotopic (exact) mass is 409 g/mol. The van der Waals surface area contributed by atoms with Gasteiger partial charge in [0.15, 0.2) is 5.76 Å². The Morgan fingerprint density at radius 2 is 2.00 bits per heavy atom. The highest BCUT2D eigenvalue weighted by molar-refractivity contribution is 5.91. The zero-order chi connectivity index (χ0) is 21.4.